The van der Waals surface area contributed by atoms with Crippen molar-refractivity contribution in [2.24, 2.45) is 0 Å². The van der Waals surface area contributed by atoms with Gasteiger partial charge in [0.2, 0.25) is 21.7 Å². The van der Waals surface area contributed by atoms with Crippen molar-refractivity contribution in [3.8, 4) is 28.7 Å². The number of anilines is 1. The SMILES string of the molecule is COc1ccc(CN(C(=O)CSC(=S)N2CCN(S(C)(=O)=O)CC2)c2cc(OC)c(OC)c(OC)c2)cc1O. The maximum Gasteiger partial charge on any atom is 0.237 e. The van der Waals surface area contributed by atoms with Crippen LogP contribution in [0.5, 0.6) is 28.7 Å². The number of ether oxygens (including phenoxy) is 4. The lowest BCUT2D eigenvalue weighted by molar-refractivity contribution is -0.116. The van der Waals surface area contributed by atoms with Crippen LogP contribution in [0.25, 0.3) is 0 Å². The fourth-order valence-electron chi connectivity index (χ4n) is 4.06. The van der Waals surface area contributed by atoms with E-state index < -0.39 is 10.0 Å². The third-order valence-electron chi connectivity index (χ3n) is 6.13. The average molecular weight is 600 g/mol. The van der Waals surface area contributed by atoms with E-state index in [-0.39, 0.29) is 24.0 Å². The van der Waals surface area contributed by atoms with Crippen molar-refractivity contribution < 1.29 is 37.3 Å². The molecule has 0 bridgehead atoms. The molecule has 1 saturated heterocycles. The maximum absolute atomic E-state index is 13.6. The van der Waals surface area contributed by atoms with Gasteiger partial charge in [-0.15, -0.1) is 0 Å². The smallest absolute Gasteiger partial charge is 0.237 e. The summed E-state index contributed by atoms with van der Waals surface area (Å²) < 4.78 is 47.0. The van der Waals surface area contributed by atoms with E-state index in [9.17, 15) is 18.3 Å². The molecule has 0 aliphatic carbocycles. The van der Waals surface area contributed by atoms with Crippen molar-refractivity contribution in [2.75, 3.05) is 71.5 Å². The molecule has 0 saturated carbocycles. The van der Waals surface area contributed by atoms with Gasteiger partial charge in [-0.25, -0.2) is 8.42 Å². The van der Waals surface area contributed by atoms with E-state index in [0.717, 1.165) is 0 Å². The van der Waals surface area contributed by atoms with Crippen molar-refractivity contribution in [2.45, 2.75) is 6.54 Å². The van der Waals surface area contributed by atoms with Gasteiger partial charge in [0.15, 0.2) is 23.0 Å². The van der Waals surface area contributed by atoms with Crippen LogP contribution in [-0.4, -0.2) is 99.6 Å². The van der Waals surface area contributed by atoms with E-state index in [4.69, 9.17) is 31.2 Å². The maximum atomic E-state index is 13.6. The quantitative estimate of drug-likeness (QED) is 0.406. The summed E-state index contributed by atoms with van der Waals surface area (Å²) in [6.45, 7) is 1.72. The molecule has 14 heteroatoms. The number of hydrogen-bond acceptors (Lipinski definition) is 10. The number of methoxy groups -OCH3 is 4. The number of nitrogens with zero attached hydrogens (tertiary/aromatic N) is 3. The Morgan fingerprint density at radius 1 is 0.974 bits per heavy atom. The first-order chi connectivity index (χ1) is 18.5. The van der Waals surface area contributed by atoms with Gasteiger partial charge in [0.1, 0.15) is 4.32 Å². The number of thioether (sulfide) groups is 1. The molecule has 0 spiro atoms. The molecule has 0 atom stereocenters. The van der Waals surface area contributed by atoms with Crippen LogP contribution in [0, 0.1) is 0 Å². The molecular formula is C25H33N3O8S3. The van der Waals surface area contributed by atoms with E-state index in [1.807, 2.05) is 4.90 Å². The number of rotatable bonds is 10. The Balaban J connectivity index is 1.83. The second-order valence-corrected chi connectivity index (χ2v) is 12.2. The van der Waals surface area contributed by atoms with Gasteiger partial charge in [-0.3, -0.25) is 4.79 Å². The molecule has 1 aliphatic rings. The van der Waals surface area contributed by atoms with E-state index in [2.05, 4.69) is 0 Å². The van der Waals surface area contributed by atoms with Crippen molar-refractivity contribution >= 4 is 49.9 Å². The predicted octanol–water partition coefficient (Wildman–Crippen LogP) is 2.56. The van der Waals surface area contributed by atoms with Crippen LogP contribution in [0.4, 0.5) is 5.69 Å². The topological polar surface area (TPSA) is 118 Å². The number of hydrogen-bond donors (Lipinski definition) is 1. The highest BCUT2D eigenvalue weighted by Crippen LogP contribution is 2.41. The number of sulfonamides is 1. The number of benzene rings is 2. The van der Waals surface area contributed by atoms with Gasteiger partial charge in [0.05, 0.1) is 52.7 Å². The number of thiocarbonyl (C=S) groups is 1. The molecule has 1 fully saturated rings. The van der Waals surface area contributed by atoms with Crippen LogP contribution in [0.3, 0.4) is 0 Å². The summed E-state index contributed by atoms with van der Waals surface area (Å²) in [7, 11) is 2.69. The lowest BCUT2D eigenvalue weighted by atomic mass is 10.1. The average Bonchev–Trinajstić information content (AvgIpc) is 2.93. The van der Waals surface area contributed by atoms with Gasteiger partial charge in [0, 0.05) is 38.3 Å². The van der Waals surface area contributed by atoms with E-state index in [0.29, 0.717) is 64.7 Å². The molecule has 2 aromatic carbocycles. The number of phenols is 1. The Morgan fingerprint density at radius 3 is 2.05 bits per heavy atom. The summed E-state index contributed by atoms with van der Waals surface area (Å²) in [6.07, 6.45) is 1.19. The Labute approximate surface area is 238 Å². The molecule has 1 aliphatic heterocycles. The Morgan fingerprint density at radius 2 is 1.56 bits per heavy atom. The van der Waals surface area contributed by atoms with Gasteiger partial charge >= 0.3 is 0 Å². The minimum absolute atomic E-state index is 0.0317. The normalized spacial score (nSPS) is 14.0. The summed E-state index contributed by atoms with van der Waals surface area (Å²) in [4.78, 5) is 17.1. The first-order valence-electron chi connectivity index (χ1n) is 11.9. The van der Waals surface area contributed by atoms with Crippen LogP contribution < -0.4 is 23.8 Å². The van der Waals surface area contributed by atoms with Crippen molar-refractivity contribution in [1.29, 1.82) is 0 Å². The first-order valence-corrected chi connectivity index (χ1v) is 15.1. The van der Waals surface area contributed by atoms with Gasteiger partial charge in [0.25, 0.3) is 0 Å². The minimum atomic E-state index is -3.26. The second kappa shape index (κ2) is 13.4. The van der Waals surface area contributed by atoms with Crippen LogP contribution >= 0.6 is 24.0 Å². The van der Waals surface area contributed by atoms with Gasteiger partial charge in [-0.2, -0.15) is 4.31 Å². The van der Waals surface area contributed by atoms with Crippen LogP contribution in [0.1, 0.15) is 5.56 Å². The lowest BCUT2D eigenvalue weighted by Gasteiger charge is -2.34. The lowest BCUT2D eigenvalue weighted by Crippen LogP contribution is -2.49. The number of piperazine rings is 1. The number of carbonyl (C=O) groups is 1. The van der Waals surface area contributed by atoms with Crippen LogP contribution in [0.15, 0.2) is 30.3 Å². The third-order valence-corrected chi connectivity index (χ3v) is 8.94. The zero-order valence-corrected chi connectivity index (χ0v) is 25.0. The zero-order chi connectivity index (χ0) is 28.7. The predicted molar refractivity (Wildman–Crippen MR) is 155 cm³/mol. The highest BCUT2D eigenvalue weighted by Gasteiger charge is 2.26. The molecule has 1 heterocycles. The van der Waals surface area contributed by atoms with Gasteiger partial charge in [-0.1, -0.05) is 30.0 Å². The molecule has 39 heavy (non-hydrogen) atoms. The number of phenolic OH excluding ortho intramolecular Hbond substituents is 1. The molecule has 214 valence electrons. The summed E-state index contributed by atoms with van der Waals surface area (Å²) in [5.74, 6) is 1.22. The zero-order valence-electron chi connectivity index (χ0n) is 22.5. The molecular weight excluding hydrogens is 566 g/mol. The minimum Gasteiger partial charge on any atom is -0.504 e. The highest BCUT2D eigenvalue weighted by molar-refractivity contribution is 8.23. The standard InChI is InChI=1S/C25H33N3O8S3/c1-33-20-7-6-17(12-19(20)29)15-28(18-13-21(34-2)24(36-4)22(14-18)35-3)23(30)16-38-25(37)26-8-10-27(11-9-26)39(5,31)32/h6-7,12-14,29H,8-11,15-16H2,1-5H3. The van der Waals surface area contributed by atoms with Crippen molar-refractivity contribution in [3.05, 3.63) is 35.9 Å². The Bertz CT molecular complexity index is 1270. The van der Waals surface area contributed by atoms with E-state index >= 15 is 0 Å². The third kappa shape index (κ3) is 7.59. The molecule has 0 radical (unpaired) electrons. The molecule has 2 aromatic rings. The van der Waals surface area contributed by atoms with E-state index in [1.54, 1.807) is 29.2 Å². The summed E-state index contributed by atoms with van der Waals surface area (Å²) >= 11 is 6.77. The molecule has 11 nitrogen and oxygen atoms in total. The monoisotopic (exact) mass is 599 g/mol. The molecule has 1 N–H and O–H groups in total. The second-order valence-electron chi connectivity index (χ2n) is 8.57. The number of amides is 1. The van der Waals surface area contributed by atoms with E-state index in [1.165, 1.54) is 56.8 Å². The Kier molecular flexibility index (Phi) is 10.5. The van der Waals surface area contributed by atoms with Crippen LogP contribution in [-0.2, 0) is 21.4 Å². The summed E-state index contributed by atoms with van der Waals surface area (Å²) in [6, 6.07) is 8.28. The van der Waals surface area contributed by atoms with Gasteiger partial charge < -0.3 is 33.9 Å². The molecule has 1 amide bonds. The molecule has 3 rings (SSSR count). The first kappa shape index (κ1) is 30.6. The fraction of sp³-hybridized carbons (Fsp3) is 0.440. The number of aromatic hydroxyl groups is 1. The fourth-order valence-corrected chi connectivity index (χ4v) is 6.01. The molecule has 0 aromatic heterocycles. The van der Waals surface area contributed by atoms with Crippen LogP contribution in [0.2, 0.25) is 0 Å². The largest absolute Gasteiger partial charge is 0.504 e. The number of carbonyl (C=O) groups excluding carboxylic acids is 1. The molecule has 0 unspecified atom stereocenters. The highest BCUT2D eigenvalue weighted by atomic mass is 32.2. The van der Waals surface area contributed by atoms with Crippen molar-refractivity contribution in [1.82, 2.24) is 9.21 Å². The Hall–Kier alpha value is -2.94. The van der Waals surface area contributed by atoms with Gasteiger partial charge in [-0.05, 0) is 17.7 Å². The van der Waals surface area contributed by atoms with Crippen molar-refractivity contribution in [3.63, 3.8) is 0 Å². The summed E-state index contributed by atoms with van der Waals surface area (Å²) in [5, 5.41) is 10.3. The summed E-state index contributed by atoms with van der Waals surface area (Å²) in [5.41, 5.74) is 1.16.